The minimum Gasteiger partial charge on any atom is -0.348 e. The maximum absolute atomic E-state index is 11.7. The second kappa shape index (κ2) is 5.41. The maximum Gasteiger partial charge on any atom is 0.265 e. The lowest BCUT2D eigenvalue weighted by Crippen LogP contribution is -2.33. The van der Waals surface area contributed by atoms with Crippen molar-refractivity contribution in [2.75, 3.05) is 5.33 Å². The van der Waals surface area contributed by atoms with Crippen LogP contribution in [-0.4, -0.2) is 26.9 Å². The van der Waals surface area contributed by atoms with Crippen LogP contribution in [-0.2, 0) is 6.42 Å². The second-order valence-corrected chi connectivity index (χ2v) is 4.33. The molecule has 6 heteroatoms. The standard InChI is InChI=1S/C8H12BrN3OS/c1-3-6-7(14-12-11-6)8(13)10-5(2)4-9/h5H,3-4H2,1-2H3,(H,10,13). The first-order valence-electron chi connectivity index (χ1n) is 4.37. The van der Waals surface area contributed by atoms with Gasteiger partial charge in [-0.1, -0.05) is 27.3 Å². The molecule has 4 nitrogen and oxygen atoms in total. The number of halogens is 1. The Labute approximate surface area is 95.4 Å². The van der Waals surface area contributed by atoms with Crippen molar-refractivity contribution in [2.24, 2.45) is 0 Å². The molecule has 0 saturated heterocycles. The minimum absolute atomic E-state index is 0.0798. The van der Waals surface area contributed by atoms with Gasteiger partial charge in [0, 0.05) is 11.4 Å². The van der Waals surface area contributed by atoms with E-state index in [4.69, 9.17) is 0 Å². The number of aromatic nitrogens is 2. The number of hydrogen-bond acceptors (Lipinski definition) is 4. The lowest BCUT2D eigenvalue weighted by atomic mass is 10.3. The number of hydrogen-bond donors (Lipinski definition) is 1. The number of nitrogens with zero attached hydrogens (tertiary/aromatic N) is 2. The molecule has 1 amide bonds. The van der Waals surface area contributed by atoms with Crippen LogP contribution in [0, 0.1) is 0 Å². The van der Waals surface area contributed by atoms with Crippen molar-refractivity contribution >= 4 is 33.4 Å². The van der Waals surface area contributed by atoms with E-state index in [9.17, 15) is 4.79 Å². The summed E-state index contributed by atoms with van der Waals surface area (Å²) >= 11 is 4.45. The van der Waals surface area contributed by atoms with Crippen LogP contribution in [0.3, 0.4) is 0 Å². The van der Waals surface area contributed by atoms with Gasteiger partial charge < -0.3 is 5.32 Å². The zero-order chi connectivity index (χ0) is 10.6. The molecule has 1 heterocycles. The van der Waals surface area contributed by atoms with E-state index < -0.39 is 0 Å². The van der Waals surface area contributed by atoms with Gasteiger partial charge in [-0.25, -0.2) is 0 Å². The molecule has 0 saturated carbocycles. The molecule has 0 aliphatic carbocycles. The van der Waals surface area contributed by atoms with Gasteiger partial charge >= 0.3 is 0 Å². The smallest absolute Gasteiger partial charge is 0.265 e. The van der Waals surface area contributed by atoms with Gasteiger partial charge in [0.2, 0.25) is 0 Å². The summed E-state index contributed by atoms with van der Waals surface area (Å²) in [5.41, 5.74) is 0.772. The van der Waals surface area contributed by atoms with Crippen molar-refractivity contribution in [1.29, 1.82) is 0 Å². The van der Waals surface area contributed by atoms with Gasteiger partial charge in [0.15, 0.2) is 0 Å². The molecule has 0 radical (unpaired) electrons. The average molecular weight is 278 g/mol. The Kier molecular flexibility index (Phi) is 4.47. The van der Waals surface area contributed by atoms with E-state index in [1.807, 2.05) is 13.8 Å². The van der Waals surface area contributed by atoms with Crippen molar-refractivity contribution < 1.29 is 4.79 Å². The molecule has 1 N–H and O–H groups in total. The summed E-state index contributed by atoms with van der Waals surface area (Å²) in [7, 11) is 0. The molecular formula is C8H12BrN3OS. The van der Waals surface area contributed by atoms with Crippen LogP contribution in [0.1, 0.15) is 29.2 Å². The van der Waals surface area contributed by atoms with Crippen molar-refractivity contribution in [1.82, 2.24) is 14.9 Å². The highest BCUT2D eigenvalue weighted by Crippen LogP contribution is 2.11. The Morgan fingerprint density at radius 1 is 1.71 bits per heavy atom. The zero-order valence-electron chi connectivity index (χ0n) is 8.08. The van der Waals surface area contributed by atoms with Gasteiger partial charge in [0.1, 0.15) is 4.88 Å². The predicted octanol–water partition coefficient (Wildman–Crippen LogP) is 1.61. The Morgan fingerprint density at radius 2 is 2.43 bits per heavy atom. The molecule has 0 aromatic carbocycles. The highest BCUT2D eigenvalue weighted by atomic mass is 79.9. The summed E-state index contributed by atoms with van der Waals surface area (Å²) in [5.74, 6) is -0.0798. The number of amides is 1. The summed E-state index contributed by atoms with van der Waals surface area (Å²) in [5, 5.41) is 7.48. The van der Waals surface area contributed by atoms with E-state index in [0.717, 1.165) is 29.0 Å². The molecule has 0 bridgehead atoms. The fourth-order valence-electron chi connectivity index (χ4n) is 0.940. The van der Waals surface area contributed by atoms with Crippen LogP contribution in [0.4, 0.5) is 0 Å². The van der Waals surface area contributed by atoms with Crippen LogP contribution in [0.5, 0.6) is 0 Å². The number of nitrogens with one attached hydrogen (secondary N) is 1. The third-order valence-electron chi connectivity index (χ3n) is 1.71. The first-order valence-corrected chi connectivity index (χ1v) is 6.26. The average Bonchev–Trinajstić information content (AvgIpc) is 2.65. The van der Waals surface area contributed by atoms with Crippen molar-refractivity contribution in [2.45, 2.75) is 26.3 Å². The number of carbonyl (C=O) groups is 1. The first-order chi connectivity index (χ1) is 6.69. The van der Waals surface area contributed by atoms with Crippen LogP contribution < -0.4 is 5.32 Å². The van der Waals surface area contributed by atoms with Crippen molar-refractivity contribution in [3.63, 3.8) is 0 Å². The fourth-order valence-corrected chi connectivity index (χ4v) is 1.76. The molecule has 0 aliphatic heterocycles. The minimum atomic E-state index is -0.0798. The fraction of sp³-hybridized carbons (Fsp3) is 0.625. The number of alkyl halides is 1. The molecular weight excluding hydrogens is 266 g/mol. The Balaban J connectivity index is 2.69. The number of carbonyl (C=O) groups excluding carboxylic acids is 1. The van der Waals surface area contributed by atoms with Crippen LogP contribution in [0.2, 0.25) is 0 Å². The van der Waals surface area contributed by atoms with Crippen LogP contribution in [0.15, 0.2) is 0 Å². The zero-order valence-corrected chi connectivity index (χ0v) is 10.5. The van der Waals surface area contributed by atoms with Gasteiger partial charge in [0.05, 0.1) is 5.69 Å². The van der Waals surface area contributed by atoms with Gasteiger partial charge in [-0.05, 0) is 24.9 Å². The van der Waals surface area contributed by atoms with Crippen LogP contribution >= 0.6 is 27.5 Å². The normalized spacial score (nSPS) is 12.5. The molecule has 1 unspecified atom stereocenters. The highest BCUT2D eigenvalue weighted by Gasteiger charge is 2.15. The van der Waals surface area contributed by atoms with E-state index >= 15 is 0 Å². The van der Waals surface area contributed by atoms with Crippen LogP contribution in [0.25, 0.3) is 0 Å². The van der Waals surface area contributed by atoms with E-state index in [-0.39, 0.29) is 11.9 Å². The van der Waals surface area contributed by atoms with Gasteiger partial charge in [-0.15, -0.1) is 5.10 Å². The van der Waals surface area contributed by atoms with E-state index in [1.165, 1.54) is 0 Å². The largest absolute Gasteiger partial charge is 0.348 e. The molecule has 78 valence electrons. The lowest BCUT2D eigenvalue weighted by Gasteiger charge is -2.09. The van der Waals surface area contributed by atoms with E-state index in [2.05, 4.69) is 30.8 Å². The first kappa shape index (κ1) is 11.6. The molecule has 0 spiro atoms. The Hall–Kier alpha value is -0.490. The Morgan fingerprint density at radius 3 is 3.00 bits per heavy atom. The molecule has 1 aromatic rings. The van der Waals surface area contributed by atoms with E-state index in [1.54, 1.807) is 0 Å². The summed E-state index contributed by atoms with van der Waals surface area (Å²) in [4.78, 5) is 12.3. The topological polar surface area (TPSA) is 54.9 Å². The molecule has 0 aliphatic rings. The van der Waals surface area contributed by atoms with Gasteiger partial charge in [0.25, 0.3) is 5.91 Å². The van der Waals surface area contributed by atoms with Crippen molar-refractivity contribution in [3.05, 3.63) is 10.6 Å². The quantitative estimate of drug-likeness (QED) is 0.851. The van der Waals surface area contributed by atoms with Gasteiger partial charge in [-0.2, -0.15) is 0 Å². The molecule has 0 fully saturated rings. The Bertz CT molecular complexity index is 315. The maximum atomic E-state index is 11.7. The van der Waals surface area contributed by atoms with E-state index in [0.29, 0.717) is 4.88 Å². The molecule has 1 aromatic heterocycles. The lowest BCUT2D eigenvalue weighted by molar-refractivity contribution is 0.0947. The number of rotatable bonds is 4. The SMILES string of the molecule is CCc1nnsc1C(=O)NC(C)CBr. The van der Waals surface area contributed by atoms with Crippen molar-refractivity contribution in [3.8, 4) is 0 Å². The summed E-state index contributed by atoms with van der Waals surface area (Å²) in [6, 6.07) is 0.120. The molecule has 1 atom stereocenters. The summed E-state index contributed by atoms with van der Waals surface area (Å²) in [6.07, 6.45) is 0.738. The third kappa shape index (κ3) is 2.75. The third-order valence-corrected chi connectivity index (χ3v) is 3.44. The monoisotopic (exact) mass is 277 g/mol. The predicted molar refractivity (Wildman–Crippen MR) is 60.0 cm³/mol. The molecule has 1 rings (SSSR count). The number of aryl methyl sites for hydroxylation is 1. The second-order valence-electron chi connectivity index (χ2n) is 2.93. The van der Waals surface area contributed by atoms with Gasteiger partial charge in [-0.3, -0.25) is 4.79 Å². The highest BCUT2D eigenvalue weighted by molar-refractivity contribution is 9.09. The summed E-state index contributed by atoms with van der Waals surface area (Å²) < 4.78 is 3.77. The molecule has 14 heavy (non-hydrogen) atoms. The summed E-state index contributed by atoms with van der Waals surface area (Å²) in [6.45, 7) is 3.90.